The predicted molar refractivity (Wildman–Crippen MR) is 62.9 cm³/mol. The molecule has 1 aromatic carbocycles. The maximum atomic E-state index is 12.5. The van der Waals surface area contributed by atoms with E-state index in [-0.39, 0.29) is 0 Å². The Hall–Kier alpha value is -1.72. The van der Waals surface area contributed by atoms with Gasteiger partial charge in [0.15, 0.2) is 0 Å². The normalized spacial score (nSPS) is 13.2. The molecule has 3 N–H and O–H groups in total. The van der Waals surface area contributed by atoms with E-state index in [0.29, 0.717) is 5.75 Å². The van der Waals surface area contributed by atoms with Crippen molar-refractivity contribution in [3.05, 3.63) is 29.3 Å². The Labute approximate surface area is 103 Å². The molecular formula is C12H15F3N2O. The molecule has 3 nitrogen and oxygen atoms in total. The molecule has 0 aliphatic carbocycles. The number of alkyl halides is 3. The van der Waals surface area contributed by atoms with Crippen molar-refractivity contribution < 1.29 is 17.9 Å². The Morgan fingerprint density at radius 3 is 2.44 bits per heavy atom. The first kappa shape index (κ1) is 14.3. The standard InChI is InChI=1S/C12H15F3N2O/c1-7-3-4-10(8(2)5-7)18-6-9(11(16)17)12(13,14)15/h3-5,9H,6H2,1-2H3,(H3,16,17). The molecule has 6 heteroatoms. The van der Waals surface area contributed by atoms with Crippen LogP contribution in [0.2, 0.25) is 0 Å². The van der Waals surface area contributed by atoms with Crippen molar-refractivity contribution in [3.63, 3.8) is 0 Å². The molecule has 1 unspecified atom stereocenters. The maximum absolute atomic E-state index is 12.5. The number of aryl methyl sites for hydroxylation is 2. The number of hydrogen-bond acceptors (Lipinski definition) is 2. The molecule has 0 fully saturated rings. The first-order valence-electron chi connectivity index (χ1n) is 5.32. The van der Waals surface area contributed by atoms with Crippen LogP contribution in [-0.4, -0.2) is 18.6 Å². The SMILES string of the molecule is Cc1ccc(OCC(C(=N)N)C(F)(F)F)c(C)c1. The van der Waals surface area contributed by atoms with Crippen LogP contribution in [0.1, 0.15) is 11.1 Å². The number of nitrogens with one attached hydrogen (secondary N) is 1. The van der Waals surface area contributed by atoms with Crippen molar-refractivity contribution in [3.8, 4) is 5.75 Å². The molecule has 18 heavy (non-hydrogen) atoms. The Morgan fingerprint density at radius 2 is 2.00 bits per heavy atom. The zero-order valence-corrected chi connectivity index (χ0v) is 10.1. The molecule has 0 heterocycles. The van der Waals surface area contributed by atoms with Gasteiger partial charge in [-0.05, 0) is 25.5 Å². The maximum Gasteiger partial charge on any atom is 0.401 e. The Balaban J connectivity index is 2.77. The van der Waals surface area contributed by atoms with Gasteiger partial charge in [-0.2, -0.15) is 13.2 Å². The van der Waals surface area contributed by atoms with Gasteiger partial charge in [0.1, 0.15) is 24.1 Å². The number of rotatable bonds is 4. The van der Waals surface area contributed by atoms with Gasteiger partial charge in [-0.25, -0.2) is 0 Å². The highest BCUT2D eigenvalue weighted by Gasteiger charge is 2.42. The third-order valence-electron chi connectivity index (χ3n) is 2.51. The topological polar surface area (TPSA) is 59.1 Å². The van der Waals surface area contributed by atoms with Gasteiger partial charge in [0.25, 0.3) is 0 Å². The van der Waals surface area contributed by atoms with E-state index < -0.39 is 24.5 Å². The van der Waals surface area contributed by atoms with E-state index in [1.54, 1.807) is 19.1 Å². The van der Waals surface area contributed by atoms with Crippen molar-refractivity contribution in [2.75, 3.05) is 6.61 Å². The van der Waals surface area contributed by atoms with E-state index in [1.165, 1.54) is 0 Å². The van der Waals surface area contributed by atoms with Crippen molar-refractivity contribution in [1.82, 2.24) is 0 Å². The summed E-state index contributed by atoms with van der Waals surface area (Å²) in [5.41, 5.74) is 6.68. The van der Waals surface area contributed by atoms with Gasteiger partial charge in [-0.15, -0.1) is 0 Å². The average molecular weight is 260 g/mol. The summed E-state index contributed by atoms with van der Waals surface area (Å²) in [7, 11) is 0. The number of nitrogens with two attached hydrogens (primary N) is 1. The summed E-state index contributed by atoms with van der Waals surface area (Å²) in [6.07, 6.45) is -4.57. The van der Waals surface area contributed by atoms with Crippen LogP contribution in [0.25, 0.3) is 0 Å². The van der Waals surface area contributed by atoms with E-state index in [9.17, 15) is 13.2 Å². The van der Waals surface area contributed by atoms with Crippen LogP contribution in [0, 0.1) is 25.2 Å². The largest absolute Gasteiger partial charge is 0.492 e. The quantitative estimate of drug-likeness (QED) is 0.646. The highest BCUT2D eigenvalue weighted by atomic mass is 19.4. The van der Waals surface area contributed by atoms with Gasteiger partial charge >= 0.3 is 6.18 Å². The Bertz CT molecular complexity index is 443. The van der Waals surface area contributed by atoms with E-state index >= 15 is 0 Å². The zero-order valence-electron chi connectivity index (χ0n) is 10.1. The highest BCUT2D eigenvalue weighted by Crippen LogP contribution is 2.28. The number of hydrogen-bond donors (Lipinski definition) is 2. The first-order chi connectivity index (χ1) is 8.21. The predicted octanol–water partition coefficient (Wildman–Crippen LogP) is 2.80. The summed E-state index contributed by atoms with van der Waals surface area (Å²) < 4.78 is 42.7. The van der Waals surface area contributed by atoms with Crippen LogP contribution in [0.5, 0.6) is 5.75 Å². The fraction of sp³-hybridized carbons (Fsp3) is 0.417. The van der Waals surface area contributed by atoms with Crippen LogP contribution in [0.4, 0.5) is 13.2 Å². The average Bonchev–Trinajstić information content (AvgIpc) is 2.18. The molecule has 0 aromatic heterocycles. The third-order valence-corrected chi connectivity index (χ3v) is 2.51. The van der Waals surface area contributed by atoms with Crippen molar-refractivity contribution >= 4 is 5.84 Å². The lowest BCUT2D eigenvalue weighted by Crippen LogP contribution is -2.39. The van der Waals surface area contributed by atoms with E-state index in [1.807, 2.05) is 13.0 Å². The minimum atomic E-state index is -4.57. The molecule has 0 saturated carbocycles. The Morgan fingerprint density at radius 1 is 1.39 bits per heavy atom. The summed E-state index contributed by atoms with van der Waals surface area (Å²) >= 11 is 0. The second-order valence-corrected chi connectivity index (χ2v) is 4.13. The molecule has 0 spiro atoms. The molecular weight excluding hydrogens is 245 g/mol. The van der Waals surface area contributed by atoms with Gasteiger partial charge in [0, 0.05) is 0 Å². The van der Waals surface area contributed by atoms with E-state index in [4.69, 9.17) is 15.9 Å². The van der Waals surface area contributed by atoms with Crippen molar-refractivity contribution in [1.29, 1.82) is 5.41 Å². The molecule has 0 amide bonds. The van der Waals surface area contributed by atoms with Crippen LogP contribution >= 0.6 is 0 Å². The van der Waals surface area contributed by atoms with E-state index in [2.05, 4.69) is 0 Å². The van der Waals surface area contributed by atoms with Crippen LogP contribution < -0.4 is 10.5 Å². The molecule has 1 rings (SSSR count). The Kier molecular flexibility index (Phi) is 4.21. The summed E-state index contributed by atoms with van der Waals surface area (Å²) in [4.78, 5) is 0. The second-order valence-electron chi connectivity index (χ2n) is 4.13. The van der Waals surface area contributed by atoms with Gasteiger partial charge in [0.05, 0.1) is 0 Å². The molecule has 0 bridgehead atoms. The van der Waals surface area contributed by atoms with Gasteiger partial charge in [-0.1, -0.05) is 17.7 Å². The summed E-state index contributed by atoms with van der Waals surface area (Å²) in [5, 5.41) is 6.94. The van der Waals surface area contributed by atoms with Gasteiger partial charge < -0.3 is 10.5 Å². The molecule has 1 atom stereocenters. The molecule has 1 aromatic rings. The fourth-order valence-corrected chi connectivity index (χ4v) is 1.49. The smallest absolute Gasteiger partial charge is 0.401 e. The lowest BCUT2D eigenvalue weighted by Gasteiger charge is -2.20. The number of halogens is 3. The number of amidine groups is 1. The fourth-order valence-electron chi connectivity index (χ4n) is 1.49. The summed E-state index contributed by atoms with van der Waals surface area (Å²) in [6, 6.07) is 5.17. The molecule has 100 valence electrons. The van der Waals surface area contributed by atoms with Crippen LogP contribution in [0.15, 0.2) is 18.2 Å². The van der Waals surface area contributed by atoms with Crippen molar-refractivity contribution in [2.45, 2.75) is 20.0 Å². The minimum Gasteiger partial charge on any atom is -0.492 e. The zero-order chi connectivity index (χ0) is 13.9. The summed E-state index contributed by atoms with van der Waals surface area (Å²) in [5.74, 6) is -2.64. The van der Waals surface area contributed by atoms with Crippen molar-refractivity contribution in [2.24, 2.45) is 11.7 Å². The number of benzene rings is 1. The van der Waals surface area contributed by atoms with Gasteiger partial charge in [0.2, 0.25) is 0 Å². The number of ether oxygens (including phenoxy) is 1. The van der Waals surface area contributed by atoms with Gasteiger partial charge in [-0.3, -0.25) is 5.41 Å². The molecule has 0 radical (unpaired) electrons. The monoisotopic (exact) mass is 260 g/mol. The lowest BCUT2D eigenvalue weighted by molar-refractivity contribution is -0.162. The van der Waals surface area contributed by atoms with Crippen LogP contribution in [0.3, 0.4) is 0 Å². The first-order valence-corrected chi connectivity index (χ1v) is 5.32. The third kappa shape index (κ3) is 3.65. The minimum absolute atomic E-state index is 0.371. The molecule has 0 saturated heterocycles. The lowest BCUT2D eigenvalue weighted by atomic mass is 10.1. The molecule has 0 aliphatic rings. The van der Waals surface area contributed by atoms with Crippen LogP contribution in [-0.2, 0) is 0 Å². The highest BCUT2D eigenvalue weighted by molar-refractivity contribution is 5.80. The summed E-state index contributed by atoms with van der Waals surface area (Å²) in [6.45, 7) is 2.95. The molecule has 0 aliphatic heterocycles. The second kappa shape index (κ2) is 5.29. The van der Waals surface area contributed by atoms with E-state index in [0.717, 1.165) is 11.1 Å².